The van der Waals surface area contributed by atoms with Crippen LogP contribution < -0.4 is 15.8 Å². The summed E-state index contributed by atoms with van der Waals surface area (Å²) in [6.07, 6.45) is 5.11. The van der Waals surface area contributed by atoms with Gasteiger partial charge in [-0.2, -0.15) is 4.39 Å². The van der Waals surface area contributed by atoms with E-state index >= 15 is 4.39 Å². The lowest BCUT2D eigenvalue weighted by atomic mass is 9.92. The number of hydroxylamine groups is 2. The van der Waals surface area contributed by atoms with Gasteiger partial charge in [0.1, 0.15) is 5.82 Å². The Morgan fingerprint density at radius 3 is 2.66 bits per heavy atom. The molecule has 3 N–H and O–H groups in total. The molecule has 4 rings (SSSR count). The summed E-state index contributed by atoms with van der Waals surface area (Å²) in [6, 6.07) is 0. The van der Waals surface area contributed by atoms with Crippen molar-refractivity contribution >= 4 is 24.0 Å². The van der Waals surface area contributed by atoms with Crippen molar-refractivity contribution in [3.63, 3.8) is 0 Å². The van der Waals surface area contributed by atoms with E-state index in [-0.39, 0.29) is 24.6 Å². The van der Waals surface area contributed by atoms with Crippen LogP contribution in [-0.2, 0) is 14.3 Å². The van der Waals surface area contributed by atoms with Crippen LogP contribution in [0.5, 0.6) is 0 Å². The molecule has 3 fully saturated rings. The molecule has 2 amide bonds. The van der Waals surface area contributed by atoms with Crippen molar-refractivity contribution in [3.05, 3.63) is 11.6 Å². The smallest absolute Gasteiger partial charge is 0.243 e. The second-order valence-corrected chi connectivity index (χ2v) is 9.14. The van der Waals surface area contributed by atoms with Crippen LogP contribution in [0.25, 0.3) is 0 Å². The maximum absolute atomic E-state index is 15.2. The Hall–Kier alpha value is -2.53. The molecule has 0 bridgehead atoms. The van der Waals surface area contributed by atoms with Gasteiger partial charge in [-0.15, -0.1) is 0 Å². The van der Waals surface area contributed by atoms with E-state index in [4.69, 9.17) is 4.74 Å². The number of rotatable bonds is 9. The van der Waals surface area contributed by atoms with Gasteiger partial charge in [0.05, 0.1) is 25.7 Å². The third-order valence-corrected chi connectivity index (χ3v) is 6.78. The molecule has 3 heterocycles. The number of nitrogens with one attached hydrogen (secondary N) is 2. The summed E-state index contributed by atoms with van der Waals surface area (Å²) in [7, 11) is 0. The number of nitrogens with zero attached hydrogens (tertiary/aromatic N) is 4. The maximum Gasteiger partial charge on any atom is 0.243 e. The predicted molar refractivity (Wildman–Crippen MR) is 113 cm³/mol. The molecule has 3 aliphatic rings. The summed E-state index contributed by atoms with van der Waals surface area (Å²) in [4.78, 5) is 34.0. The predicted octanol–water partition coefficient (Wildman–Crippen LogP) is 1.49. The molecule has 1 saturated carbocycles. The zero-order valence-electron chi connectivity index (χ0n) is 18.3. The number of halogens is 1. The largest absolute Gasteiger partial charge is 0.381 e. The number of hydrazine groups is 1. The van der Waals surface area contributed by atoms with Gasteiger partial charge in [0, 0.05) is 24.9 Å². The van der Waals surface area contributed by atoms with Crippen LogP contribution in [0.4, 0.5) is 16.0 Å². The molecule has 32 heavy (non-hydrogen) atoms. The molecule has 2 saturated heterocycles. The Balaban J connectivity index is 1.42. The highest BCUT2D eigenvalue weighted by Gasteiger charge is 2.39. The number of carbonyl (C=O) groups excluding carboxylic acids is 2. The quantitative estimate of drug-likeness (QED) is 0.294. The average molecular weight is 451 g/mol. The summed E-state index contributed by atoms with van der Waals surface area (Å²) in [6.45, 7) is 4.25. The fourth-order valence-corrected chi connectivity index (χ4v) is 5.10. The van der Waals surface area contributed by atoms with Crippen LogP contribution in [0.3, 0.4) is 0 Å². The summed E-state index contributed by atoms with van der Waals surface area (Å²) < 4.78 is 20.7. The van der Waals surface area contributed by atoms with Gasteiger partial charge in [-0.1, -0.05) is 25.7 Å². The Bertz CT molecular complexity index is 825. The molecule has 3 atom stereocenters. The monoisotopic (exact) mass is 450 g/mol. The Morgan fingerprint density at radius 1 is 1.31 bits per heavy atom. The molecule has 0 spiro atoms. The van der Waals surface area contributed by atoms with E-state index in [2.05, 4.69) is 20.8 Å². The summed E-state index contributed by atoms with van der Waals surface area (Å²) in [5.41, 5.74) is 5.12. The van der Waals surface area contributed by atoms with Crippen LogP contribution in [0.1, 0.15) is 37.9 Å². The normalized spacial score (nSPS) is 23.8. The van der Waals surface area contributed by atoms with Crippen molar-refractivity contribution in [2.75, 3.05) is 43.2 Å². The number of carbonyl (C=O) groups is 2. The highest BCUT2D eigenvalue weighted by Crippen LogP contribution is 2.34. The summed E-state index contributed by atoms with van der Waals surface area (Å²) in [5.74, 6) is -0.0650. The van der Waals surface area contributed by atoms with Crippen LogP contribution in [0, 0.1) is 36.4 Å². The summed E-state index contributed by atoms with van der Waals surface area (Å²) >= 11 is 0. The molecular weight excluding hydrogens is 419 g/mol. The van der Waals surface area contributed by atoms with Gasteiger partial charge in [0.2, 0.25) is 18.1 Å². The summed E-state index contributed by atoms with van der Waals surface area (Å²) in [5, 5.41) is 10.1. The van der Waals surface area contributed by atoms with Gasteiger partial charge < -0.3 is 9.64 Å². The van der Waals surface area contributed by atoms with Crippen molar-refractivity contribution < 1.29 is 23.9 Å². The molecule has 1 unspecified atom stereocenters. The number of fused-ring (bicyclic) bond motifs is 1. The van der Waals surface area contributed by atoms with Crippen molar-refractivity contribution in [3.8, 4) is 0 Å². The standard InChI is InChI=1S/C21H31FN6O4/c1-13-23-19(18(22)20(24-13)27-7-16-10-32-11-17(16)8-27)25-26-21(30)15(9-28(31)12-29)6-14-4-2-3-5-14/h12,14-17,31H,2-11H2,1H3,(H,26,30)(H,23,24,25)/t15?,16-,17+. The van der Waals surface area contributed by atoms with E-state index < -0.39 is 17.6 Å². The van der Waals surface area contributed by atoms with Gasteiger partial charge >= 0.3 is 0 Å². The topological polar surface area (TPSA) is 120 Å². The van der Waals surface area contributed by atoms with E-state index in [1.54, 1.807) is 6.92 Å². The van der Waals surface area contributed by atoms with E-state index in [1.807, 2.05) is 4.90 Å². The molecule has 11 heteroatoms. The average Bonchev–Trinajstić information content (AvgIpc) is 3.51. The Kier molecular flexibility index (Phi) is 7.04. The lowest BCUT2D eigenvalue weighted by molar-refractivity contribution is -0.154. The minimum absolute atomic E-state index is 0.106. The first kappa shape index (κ1) is 22.7. The molecule has 10 nitrogen and oxygen atoms in total. The maximum atomic E-state index is 15.2. The number of ether oxygens (including phenoxy) is 1. The number of aromatic nitrogens is 2. The number of amides is 2. The molecule has 2 aliphatic heterocycles. The van der Waals surface area contributed by atoms with E-state index in [1.165, 1.54) is 0 Å². The lowest BCUT2D eigenvalue weighted by Crippen LogP contribution is -2.41. The molecule has 1 aromatic heterocycles. The zero-order chi connectivity index (χ0) is 22.7. The van der Waals surface area contributed by atoms with Gasteiger partial charge in [0.25, 0.3) is 0 Å². The minimum atomic E-state index is -0.624. The molecular formula is C21H31FN6O4. The molecule has 0 radical (unpaired) electrons. The van der Waals surface area contributed by atoms with Crippen molar-refractivity contribution in [2.45, 2.75) is 39.0 Å². The molecule has 1 aromatic rings. The number of hydrogen-bond donors (Lipinski definition) is 3. The SMILES string of the molecule is Cc1nc(NNC(=O)C(CC2CCCC2)CN(O)C=O)c(F)c(N2C[C@H]3COC[C@H]3C2)n1. The van der Waals surface area contributed by atoms with E-state index in [0.29, 0.717) is 61.4 Å². The number of hydrogen-bond acceptors (Lipinski definition) is 8. The van der Waals surface area contributed by atoms with Crippen molar-refractivity contribution in [2.24, 2.45) is 23.7 Å². The first-order valence-corrected chi connectivity index (χ1v) is 11.3. The fraction of sp³-hybridized carbons (Fsp3) is 0.714. The van der Waals surface area contributed by atoms with E-state index in [9.17, 15) is 14.8 Å². The van der Waals surface area contributed by atoms with Crippen molar-refractivity contribution in [1.29, 1.82) is 0 Å². The zero-order valence-corrected chi connectivity index (χ0v) is 18.3. The Labute approximate surface area is 186 Å². The van der Waals surface area contributed by atoms with Crippen molar-refractivity contribution in [1.82, 2.24) is 20.5 Å². The van der Waals surface area contributed by atoms with Gasteiger partial charge in [-0.25, -0.2) is 15.0 Å². The van der Waals surface area contributed by atoms with Gasteiger partial charge in [0.15, 0.2) is 11.6 Å². The van der Waals surface area contributed by atoms with Gasteiger partial charge in [-0.3, -0.25) is 25.6 Å². The minimum Gasteiger partial charge on any atom is -0.381 e. The first-order valence-electron chi connectivity index (χ1n) is 11.3. The highest BCUT2D eigenvalue weighted by molar-refractivity contribution is 5.80. The number of anilines is 2. The molecule has 1 aliphatic carbocycles. The molecule has 0 aromatic carbocycles. The molecule has 176 valence electrons. The second kappa shape index (κ2) is 9.95. The number of aryl methyl sites for hydroxylation is 1. The Morgan fingerprint density at radius 2 is 2.00 bits per heavy atom. The van der Waals surface area contributed by atoms with Crippen LogP contribution >= 0.6 is 0 Å². The first-order chi connectivity index (χ1) is 15.4. The highest BCUT2D eigenvalue weighted by atomic mass is 19.1. The third kappa shape index (κ3) is 5.09. The van der Waals surface area contributed by atoms with Crippen LogP contribution in [0.2, 0.25) is 0 Å². The van der Waals surface area contributed by atoms with Gasteiger partial charge in [-0.05, 0) is 19.3 Å². The lowest BCUT2D eigenvalue weighted by Gasteiger charge is -2.23. The second-order valence-electron chi connectivity index (χ2n) is 9.14. The van der Waals surface area contributed by atoms with E-state index in [0.717, 1.165) is 25.7 Å². The van der Waals surface area contributed by atoms with Crippen LogP contribution in [0.15, 0.2) is 0 Å². The fourth-order valence-electron chi connectivity index (χ4n) is 5.10. The van der Waals surface area contributed by atoms with Crippen LogP contribution in [-0.4, -0.2) is 65.4 Å². The third-order valence-electron chi connectivity index (χ3n) is 6.78.